The lowest BCUT2D eigenvalue weighted by atomic mass is 9.55. The quantitative estimate of drug-likeness (QED) is 0.0671. The van der Waals surface area contributed by atoms with Crippen LogP contribution < -0.4 is 0 Å². The van der Waals surface area contributed by atoms with Crippen LogP contribution in [0, 0.1) is 35.0 Å². The van der Waals surface area contributed by atoms with Gasteiger partial charge in [0.1, 0.15) is 46.0 Å². The Balaban J connectivity index is 0.000000152. The number of rotatable bonds is 10. The van der Waals surface area contributed by atoms with Crippen LogP contribution >= 0.6 is 0 Å². The molecule has 0 saturated heterocycles. The molecule has 97 heavy (non-hydrogen) atoms. The summed E-state index contributed by atoms with van der Waals surface area (Å²) in [6.45, 7) is 21.0. The van der Waals surface area contributed by atoms with E-state index in [9.17, 15) is 40.9 Å². The van der Waals surface area contributed by atoms with Gasteiger partial charge in [0.25, 0.3) is 0 Å². The van der Waals surface area contributed by atoms with Crippen molar-refractivity contribution in [1.29, 1.82) is 0 Å². The molecule has 7 atom stereocenters. The molecule has 8 aromatic carbocycles. The van der Waals surface area contributed by atoms with Gasteiger partial charge in [-0.1, -0.05) is 217 Å². The van der Waals surface area contributed by atoms with Crippen molar-refractivity contribution < 1.29 is 40.9 Å². The fourth-order valence-corrected chi connectivity index (χ4v) is 18.0. The third-order valence-electron chi connectivity index (χ3n) is 23.4. The highest BCUT2D eigenvalue weighted by Crippen LogP contribution is 2.55. The molecule has 4 fully saturated rings. The summed E-state index contributed by atoms with van der Waals surface area (Å²) in [7, 11) is 0. The molecule has 0 aromatic heterocycles. The third-order valence-corrected chi connectivity index (χ3v) is 23.4. The van der Waals surface area contributed by atoms with Gasteiger partial charge in [-0.15, -0.1) is 0 Å². The minimum atomic E-state index is -0.0669. The monoisotopic (exact) mass is 1310 g/mol. The summed E-state index contributed by atoms with van der Waals surface area (Å²) in [5, 5.41) is 77.2. The Labute approximate surface area is 581 Å². The fraction of sp³-hybridized carbons (Fsp3) is 0.461. The van der Waals surface area contributed by atoms with E-state index in [2.05, 4.69) is 159 Å². The molecule has 0 amide bonds. The largest absolute Gasteiger partial charge is 0.508 e. The van der Waals surface area contributed by atoms with Gasteiger partial charge in [0, 0.05) is 10.8 Å². The Morgan fingerprint density at radius 3 is 1.08 bits per heavy atom. The predicted molar refractivity (Wildman–Crippen MR) is 399 cm³/mol. The standard InChI is InChI=1S/C24H32O2.2C22H28O2.C21H26O2/c25-22-14-10-20(11-15-22)24(21-12-16-23(26)17-13-21)18-8-6-4-2-1-3-5-7-9-19-24;1-15(2)20-12-13-22(3,17-6-10-19(24)11-7-17)14-21(20)16-4-8-18(23)9-5-16;1-15-4-7-18(14-21(15)16-5-10-19(23)11-6-16)22(2,3)17-8-12-20(24)13-9-17;1-15-12-20(2,3)14-21(13-15,16-4-8-18(22)9-5-16)17-6-10-19(23)11-7-17/h10-17,25-26H,1-9,18-19H2;4-11,15,20-21,23-24H,12-14H2,1-3H3;5-6,8-13,15,18,21,23-24H,4,7,14H2,1-3H3;4-11,15,22-23H,12-14H2,1-3H3. The average Bonchev–Trinajstić information content (AvgIpc) is 0.766. The molecule has 4 aliphatic rings. The van der Waals surface area contributed by atoms with Crippen LogP contribution in [0.25, 0.3) is 0 Å². The van der Waals surface area contributed by atoms with Gasteiger partial charge in [-0.05, 0) is 270 Å². The predicted octanol–water partition coefficient (Wildman–Crippen LogP) is 23.1. The van der Waals surface area contributed by atoms with Crippen LogP contribution in [0.3, 0.4) is 0 Å². The molecule has 0 aliphatic heterocycles. The third kappa shape index (κ3) is 18.9. The molecule has 0 radical (unpaired) electrons. The average molecular weight is 1310 g/mol. The molecule has 4 aliphatic carbocycles. The number of hydrogen-bond acceptors (Lipinski definition) is 8. The first-order valence-corrected chi connectivity index (χ1v) is 36.6. The molecular formula is C89H114O8. The molecule has 0 bridgehead atoms. The molecule has 7 unspecified atom stereocenters. The molecule has 8 heteroatoms. The van der Waals surface area contributed by atoms with Crippen LogP contribution in [0.1, 0.15) is 247 Å². The van der Waals surface area contributed by atoms with E-state index in [1.165, 1.54) is 141 Å². The van der Waals surface area contributed by atoms with Gasteiger partial charge in [-0.3, -0.25) is 0 Å². The Hall–Kier alpha value is -7.84. The van der Waals surface area contributed by atoms with Crippen LogP contribution in [-0.4, -0.2) is 40.9 Å². The first kappa shape index (κ1) is 73.4. The summed E-state index contributed by atoms with van der Waals surface area (Å²) in [5.74, 6) is 6.83. The van der Waals surface area contributed by atoms with Crippen LogP contribution in [0.15, 0.2) is 194 Å². The van der Waals surface area contributed by atoms with E-state index >= 15 is 0 Å². The van der Waals surface area contributed by atoms with Crippen LogP contribution in [0.5, 0.6) is 46.0 Å². The maximum absolute atomic E-state index is 9.76. The summed E-state index contributed by atoms with van der Waals surface area (Å²) in [6.07, 6.45) is 24.6. The highest BCUT2D eigenvalue weighted by atomic mass is 16.3. The normalized spacial score (nSPS) is 23.4. The maximum Gasteiger partial charge on any atom is 0.115 e. The van der Waals surface area contributed by atoms with Gasteiger partial charge in [-0.25, -0.2) is 0 Å². The van der Waals surface area contributed by atoms with E-state index in [0.717, 1.165) is 32.1 Å². The van der Waals surface area contributed by atoms with Gasteiger partial charge < -0.3 is 40.9 Å². The van der Waals surface area contributed by atoms with Gasteiger partial charge in [0.2, 0.25) is 0 Å². The first-order chi connectivity index (χ1) is 46.3. The Bertz CT molecular complexity index is 3540. The first-order valence-electron chi connectivity index (χ1n) is 36.6. The molecule has 8 aromatic rings. The molecule has 12 rings (SSSR count). The number of phenolic OH excluding ortho intramolecular Hbond substituents is 8. The van der Waals surface area contributed by atoms with Crippen molar-refractivity contribution in [1.82, 2.24) is 0 Å². The zero-order valence-corrected chi connectivity index (χ0v) is 59.7. The number of hydrogen-bond donors (Lipinski definition) is 8. The zero-order valence-electron chi connectivity index (χ0n) is 59.7. The second-order valence-corrected chi connectivity index (χ2v) is 31.8. The van der Waals surface area contributed by atoms with Crippen molar-refractivity contribution >= 4 is 0 Å². The molecule has 0 spiro atoms. The highest BCUT2D eigenvalue weighted by molar-refractivity contribution is 5.46. The molecule has 8 N–H and O–H groups in total. The lowest BCUT2D eigenvalue weighted by Crippen LogP contribution is -2.41. The van der Waals surface area contributed by atoms with E-state index in [-0.39, 0.29) is 27.1 Å². The maximum atomic E-state index is 9.76. The molecule has 518 valence electrons. The fourth-order valence-electron chi connectivity index (χ4n) is 18.0. The van der Waals surface area contributed by atoms with Crippen molar-refractivity contribution in [3.63, 3.8) is 0 Å². The Morgan fingerprint density at radius 1 is 0.361 bits per heavy atom. The van der Waals surface area contributed by atoms with Gasteiger partial charge in [-0.2, -0.15) is 0 Å². The van der Waals surface area contributed by atoms with Crippen LogP contribution in [0.4, 0.5) is 0 Å². The minimum absolute atomic E-state index is 0.0272. The van der Waals surface area contributed by atoms with Crippen molar-refractivity contribution in [2.45, 2.75) is 224 Å². The zero-order chi connectivity index (χ0) is 69.5. The molecule has 8 nitrogen and oxygen atoms in total. The van der Waals surface area contributed by atoms with Gasteiger partial charge >= 0.3 is 0 Å². The van der Waals surface area contributed by atoms with Crippen LogP contribution in [-0.2, 0) is 21.7 Å². The summed E-state index contributed by atoms with van der Waals surface area (Å²) in [4.78, 5) is 0. The summed E-state index contributed by atoms with van der Waals surface area (Å²) in [5.41, 5.74) is 10.7. The van der Waals surface area contributed by atoms with Crippen molar-refractivity contribution in [2.24, 2.45) is 35.0 Å². The number of benzene rings is 8. The van der Waals surface area contributed by atoms with Crippen LogP contribution in [0.2, 0.25) is 0 Å². The van der Waals surface area contributed by atoms with Crippen molar-refractivity contribution in [2.75, 3.05) is 0 Å². The summed E-state index contributed by atoms with van der Waals surface area (Å²) in [6, 6.07) is 61.9. The lowest BCUT2D eigenvalue weighted by molar-refractivity contribution is 0.127. The van der Waals surface area contributed by atoms with E-state index in [1.807, 2.05) is 24.3 Å². The number of phenols is 8. The topological polar surface area (TPSA) is 162 Å². The Kier molecular flexibility index (Phi) is 24.7. The Morgan fingerprint density at radius 2 is 0.701 bits per heavy atom. The minimum Gasteiger partial charge on any atom is -0.508 e. The van der Waals surface area contributed by atoms with Crippen molar-refractivity contribution in [3.8, 4) is 46.0 Å². The molecular weight excluding hydrogens is 1200 g/mol. The van der Waals surface area contributed by atoms with Gasteiger partial charge in [0.15, 0.2) is 0 Å². The highest BCUT2D eigenvalue weighted by Gasteiger charge is 2.46. The SMILES string of the molecule is CC(C)C1CCC(C)(c2ccc(O)cc2)CC1c1ccc(O)cc1.CC1CC(C)(C)CC(c2ccc(O)cc2)(c2ccc(O)cc2)C1.CC1CCC(C(C)(C)c2ccc(O)cc2)CC1c1ccc(O)cc1.Oc1ccc(C2(c3ccc(O)cc3)CCCCCCCCCCC2)cc1. The van der Waals surface area contributed by atoms with E-state index in [4.69, 9.17) is 0 Å². The summed E-state index contributed by atoms with van der Waals surface area (Å²) >= 11 is 0. The van der Waals surface area contributed by atoms with E-state index in [1.54, 1.807) is 72.8 Å². The summed E-state index contributed by atoms with van der Waals surface area (Å²) < 4.78 is 0. The van der Waals surface area contributed by atoms with E-state index < -0.39 is 0 Å². The number of aromatic hydroxyl groups is 8. The van der Waals surface area contributed by atoms with E-state index in [0.29, 0.717) is 87.4 Å². The second-order valence-electron chi connectivity index (χ2n) is 31.8. The van der Waals surface area contributed by atoms with Gasteiger partial charge in [0.05, 0.1) is 0 Å². The molecule has 4 saturated carbocycles. The second kappa shape index (κ2) is 32.7. The molecule has 0 heterocycles. The smallest absolute Gasteiger partial charge is 0.115 e. The van der Waals surface area contributed by atoms with Crippen molar-refractivity contribution in [3.05, 3.63) is 239 Å². The lowest BCUT2D eigenvalue weighted by Gasteiger charge is -2.48.